The number of fused-ring (bicyclic) bond motifs is 1. The van der Waals surface area contributed by atoms with E-state index in [-0.39, 0.29) is 5.91 Å². The van der Waals surface area contributed by atoms with E-state index >= 15 is 0 Å². The molecule has 2 N–H and O–H groups in total. The van der Waals surface area contributed by atoms with Gasteiger partial charge >= 0.3 is 5.97 Å². The van der Waals surface area contributed by atoms with Crippen molar-refractivity contribution in [2.24, 2.45) is 11.8 Å². The molecular weight excluding hydrogens is 360 g/mol. The Balaban J connectivity index is 1.52. The van der Waals surface area contributed by atoms with E-state index in [9.17, 15) is 14.7 Å². The minimum absolute atomic E-state index is 0.286. The van der Waals surface area contributed by atoms with Crippen LogP contribution in [0.3, 0.4) is 0 Å². The summed E-state index contributed by atoms with van der Waals surface area (Å²) in [5.74, 6) is -2.47. The summed E-state index contributed by atoms with van der Waals surface area (Å²) >= 11 is 1.34. The van der Waals surface area contributed by atoms with E-state index in [1.165, 1.54) is 11.3 Å². The molecule has 1 aromatic heterocycles. The third-order valence-corrected chi connectivity index (χ3v) is 5.62. The standard InChI is InChI=1S/C21H18N2O3S/c24-19(16-7-3-4-8-17(16)20(25)26)23-21-22-18(12-27-21)15-10-9-13-5-1-2-6-14(13)11-15/h1-6,9-12,16-17H,7-8H2,(H,25,26)(H,22,23,24)/t16-,17+/m1/s1. The lowest BCUT2D eigenvalue weighted by molar-refractivity contribution is -0.146. The molecule has 2 aromatic carbocycles. The molecule has 1 aliphatic rings. The maximum atomic E-state index is 12.6. The van der Waals surface area contributed by atoms with Crippen molar-refractivity contribution >= 4 is 39.1 Å². The topological polar surface area (TPSA) is 79.3 Å². The number of nitrogens with zero attached hydrogens (tertiary/aromatic N) is 1. The smallest absolute Gasteiger partial charge is 0.307 e. The van der Waals surface area contributed by atoms with E-state index in [2.05, 4.69) is 28.5 Å². The summed E-state index contributed by atoms with van der Waals surface area (Å²) in [6.45, 7) is 0. The van der Waals surface area contributed by atoms with Crippen LogP contribution in [0.2, 0.25) is 0 Å². The van der Waals surface area contributed by atoms with Crippen LogP contribution >= 0.6 is 11.3 Å². The molecule has 0 saturated carbocycles. The summed E-state index contributed by atoms with van der Waals surface area (Å²) in [7, 11) is 0. The summed E-state index contributed by atoms with van der Waals surface area (Å²) in [6, 6.07) is 14.2. The Morgan fingerprint density at radius 1 is 1.04 bits per heavy atom. The number of carboxylic acid groups (broad SMARTS) is 1. The lowest BCUT2D eigenvalue weighted by Crippen LogP contribution is -2.34. The Hall–Kier alpha value is -2.99. The number of nitrogens with one attached hydrogen (secondary N) is 1. The number of carboxylic acids is 1. The van der Waals surface area contributed by atoms with Crippen LogP contribution in [0.25, 0.3) is 22.0 Å². The van der Waals surface area contributed by atoms with Crippen molar-refractivity contribution in [1.82, 2.24) is 4.98 Å². The summed E-state index contributed by atoms with van der Waals surface area (Å²) in [5, 5.41) is 16.8. The number of benzene rings is 2. The second-order valence-corrected chi connectivity index (χ2v) is 7.44. The molecule has 0 radical (unpaired) electrons. The summed E-state index contributed by atoms with van der Waals surface area (Å²) in [4.78, 5) is 28.5. The molecular formula is C21H18N2O3S. The lowest BCUT2D eigenvalue weighted by Gasteiger charge is -2.23. The fourth-order valence-corrected chi connectivity index (χ4v) is 4.11. The molecule has 0 saturated heterocycles. The molecule has 0 fully saturated rings. The van der Waals surface area contributed by atoms with Gasteiger partial charge in [0, 0.05) is 10.9 Å². The Labute approximate surface area is 160 Å². The largest absolute Gasteiger partial charge is 0.481 e. The van der Waals surface area contributed by atoms with Crippen LogP contribution in [-0.2, 0) is 9.59 Å². The van der Waals surface area contributed by atoms with Crippen molar-refractivity contribution < 1.29 is 14.7 Å². The fourth-order valence-electron chi connectivity index (χ4n) is 3.39. The van der Waals surface area contributed by atoms with Gasteiger partial charge in [0.2, 0.25) is 5.91 Å². The lowest BCUT2D eigenvalue weighted by atomic mass is 9.82. The van der Waals surface area contributed by atoms with E-state index in [0.29, 0.717) is 18.0 Å². The molecule has 4 rings (SSSR count). The van der Waals surface area contributed by atoms with Crippen LogP contribution in [0.5, 0.6) is 0 Å². The normalized spacial score (nSPS) is 19.1. The molecule has 6 heteroatoms. The number of anilines is 1. The van der Waals surface area contributed by atoms with Gasteiger partial charge in [0.15, 0.2) is 5.13 Å². The molecule has 1 amide bonds. The Kier molecular flexibility index (Phi) is 4.73. The highest BCUT2D eigenvalue weighted by Crippen LogP contribution is 2.30. The van der Waals surface area contributed by atoms with Crippen molar-refractivity contribution in [3.05, 3.63) is 60.0 Å². The average Bonchev–Trinajstić information content (AvgIpc) is 3.16. The van der Waals surface area contributed by atoms with Gasteiger partial charge in [0.05, 0.1) is 17.5 Å². The van der Waals surface area contributed by atoms with E-state index in [0.717, 1.165) is 22.0 Å². The van der Waals surface area contributed by atoms with Crippen molar-refractivity contribution in [3.8, 4) is 11.3 Å². The highest BCUT2D eigenvalue weighted by atomic mass is 32.1. The van der Waals surface area contributed by atoms with Crippen molar-refractivity contribution in [1.29, 1.82) is 0 Å². The molecule has 0 bridgehead atoms. The molecule has 1 aliphatic carbocycles. The van der Waals surface area contributed by atoms with Gasteiger partial charge in [0.25, 0.3) is 0 Å². The molecule has 5 nitrogen and oxygen atoms in total. The minimum atomic E-state index is -0.935. The van der Waals surface area contributed by atoms with Gasteiger partial charge in [-0.1, -0.05) is 48.6 Å². The van der Waals surface area contributed by atoms with E-state index in [4.69, 9.17) is 0 Å². The highest BCUT2D eigenvalue weighted by Gasteiger charge is 2.34. The van der Waals surface area contributed by atoms with Gasteiger partial charge in [-0.15, -0.1) is 11.3 Å². The average molecular weight is 378 g/mol. The van der Waals surface area contributed by atoms with Crippen LogP contribution in [0.1, 0.15) is 12.8 Å². The minimum Gasteiger partial charge on any atom is -0.481 e. The number of hydrogen-bond donors (Lipinski definition) is 2. The van der Waals surface area contributed by atoms with Crippen molar-refractivity contribution in [2.75, 3.05) is 5.32 Å². The van der Waals surface area contributed by atoms with E-state index in [1.807, 2.05) is 41.8 Å². The maximum Gasteiger partial charge on any atom is 0.307 e. The van der Waals surface area contributed by atoms with Gasteiger partial charge in [-0.3, -0.25) is 9.59 Å². The van der Waals surface area contributed by atoms with Gasteiger partial charge in [-0.05, 0) is 29.7 Å². The SMILES string of the molecule is O=C(O)[C@H]1CC=CC[C@H]1C(=O)Nc1nc(-c2ccc3ccccc3c2)cs1. The number of amides is 1. The van der Waals surface area contributed by atoms with Crippen LogP contribution in [0.15, 0.2) is 60.0 Å². The Morgan fingerprint density at radius 3 is 2.56 bits per heavy atom. The van der Waals surface area contributed by atoms with E-state index in [1.54, 1.807) is 0 Å². The van der Waals surface area contributed by atoms with E-state index < -0.39 is 17.8 Å². The summed E-state index contributed by atoms with van der Waals surface area (Å²) in [6.07, 6.45) is 4.51. The number of thiazole rings is 1. The Bertz CT molecular complexity index is 1040. The number of rotatable bonds is 4. The second-order valence-electron chi connectivity index (χ2n) is 6.58. The second kappa shape index (κ2) is 7.32. The molecule has 2 atom stereocenters. The quantitative estimate of drug-likeness (QED) is 0.652. The molecule has 3 aromatic rings. The zero-order valence-electron chi connectivity index (χ0n) is 14.5. The number of carbonyl (C=O) groups is 2. The van der Waals surface area contributed by atoms with Crippen LogP contribution in [0, 0.1) is 11.8 Å². The zero-order valence-corrected chi connectivity index (χ0v) is 15.3. The van der Waals surface area contributed by atoms with Gasteiger partial charge in [-0.25, -0.2) is 4.98 Å². The molecule has 1 heterocycles. The number of allylic oxidation sites excluding steroid dienone is 2. The number of hydrogen-bond acceptors (Lipinski definition) is 4. The van der Waals surface area contributed by atoms with Crippen molar-refractivity contribution in [2.45, 2.75) is 12.8 Å². The van der Waals surface area contributed by atoms with Gasteiger partial charge in [0.1, 0.15) is 0 Å². The highest BCUT2D eigenvalue weighted by molar-refractivity contribution is 7.14. The summed E-state index contributed by atoms with van der Waals surface area (Å²) < 4.78 is 0. The zero-order chi connectivity index (χ0) is 18.8. The number of aromatic nitrogens is 1. The predicted octanol–water partition coefficient (Wildman–Crippen LogP) is 4.57. The molecule has 0 aliphatic heterocycles. The monoisotopic (exact) mass is 378 g/mol. The first kappa shape index (κ1) is 17.4. The first-order valence-electron chi connectivity index (χ1n) is 8.75. The van der Waals surface area contributed by atoms with Crippen LogP contribution < -0.4 is 5.32 Å². The number of carbonyl (C=O) groups excluding carboxylic acids is 1. The predicted molar refractivity (Wildman–Crippen MR) is 107 cm³/mol. The Morgan fingerprint density at radius 2 is 1.78 bits per heavy atom. The van der Waals surface area contributed by atoms with Gasteiger partial charge in [-0.2, -0.15) is 0 Å². The van der Waals surface area contributed by atoms with Crippen molar-refractivity contribution in [3.63, 3.8) is 0 Å². The van der Waals surface area contributed by atoms with Gasteiger partial charge < -0.3 is 10.4 Å². The molecule has 27 heavy (non-hydrogen) atoms. The summed E-state index contributed by atoms with van der Waals surface area (Å²) in [5.41, 5.74) is 1.77. The third kappa shape index (κ3) is 3.61. The molecule has 136 valence electrons. The fraction of sp³-hybridized carbons (Fsp3) is 0.190. The molecule has 0 spiro atoms. The first-order valence-corrected chi connectivity index (χ1v) is 9.63. The van der Waals surface area contributed by atoms with Crippen LogP contribution in [-0.4, -0.2) is 22.0 Å². The molecule has 0 unspecified atom stereocenters. The maximum absolute atomic E-state index is 12.6. The third-order valence-electron chi connectivity index (χ3n) is 4.87. The van der Waals surface area contributed by atoms with Crippen LogP contribution in [0.4, 0.5) is 5.13 Å². The number of aliphatic carboxylic acids is 1. The first-order chi connectivity index (χ1) is 13.1.